The third-order valence-corrected chi connectivity index (χ3v) is 4.57. The number of halogens is 2. The van der Waals surface area contributed by atoms with Crippen LogP contribution in [0.5, 0.6) is 5.75 Å². The van der Waals surface area contributed by atoms with E-state index in [1.807, 2.05) is 25.1 Å². The molecule has 1 heterocycles. The Morgan fingerprint density at radius 3 is 2.63 bits per heavy atom. The Morgan fingerprint density at radius 2 is 2.04 bits per heavy atom. The average molecular weight is 494 g/mol. The predicted octanol–water partition coefficient (Wildman–Crippen LogP) is 4.94. The van der Waals surface area contributed by atoms with Crippen molar-refractivity contribution < 1.29 is 9.47 Å². The van der Waals surface area contributed by atoms with Crippen LogP contribution in [0, 0.1) is 18.3 Å². The highest BCUT2D eigenvalue weighted by atomic mass is 79.9. The molecule has 0 spiro atoms. The number of nitriles is 1. The normalized spacial score (nSPS) is 10.6. The van der Waals surface area contributed by atoms with Crippen LogP contribution in [0.1, 0.15) is 22.4 Å². The molecule has 0 fully saturated rings. The topological polar surface area (TPSA) is 79.5 Å². The van der Waals surface area contributed by atoms with Gasteiger partial charge in [-0.3, -0.25) is 5.43 Å². The maximum absolute atomic E-state index is 9.44. The summed E-state index contributed by atoms with van der Waals surface area (Å²) in [5.41, 5.74) is 5.62. The Hall–Kier alpha value is -2.21. The summed E-state index contributed by atoms with van der Waals surface area (Å²) in [5.74, 6) is 1.08. The van der Waals surface area contributed by atoms with Gasteiger partial charge in [0, 0.05) is 18.4 Å². The minimum absolute atomic E-state index is 0.330. The fourth-order valence-corrected chi connectivity index (χ4v) is 3.77. The van der Waals surface area contributed by atoms with Gasteiger partial charge in [-0.1, -0.05) is 12.7 Å². The van der Waals surface area contributed by atoms with Crippen molar-refractivity contribution in [2.45, 2.75) is 13.5 Å². The molecule has 0 aliphatic rings. The third kappa shape index (κ3) is 5.63. The number of aryl methyl sites for hydroxylation is 1. The molecule has 0 atom stereocenters. The molecule has 6 nitrogen and oxygen atoms in total. The van der Waals surface area contributed by atoms with Gasteiger partial charge in [-0.2, -0.15) is 10.4 Å². The molecule has 140 valence electrons. The fourth-order valence-electron chi connectivity index (χ4n) is 2.32. The van der Waals surface area contributed by atoms with Gasteiger partial charge in [0.25, 0.3) is 0 Å². The van der Waals surface area contributed by atoms with Gasteiger partial charge in [0.05, 0.1) is 21.8 Å². The lowest BCUT2D eigenvalue weighted by atomic mass is 10.1. The van der Waals surface area contributed by atoms with Crippen molar-refractivity contribution >= 4 is 43.9 Å². The number of hydrogen-bond donors (Lipinski definition) is 1. The molecule has 1 aromatic heterocycles. The number of methoxy groups -OCH3 is 1. The zero-order chi connectivity index (χ0) is 19.8. The summed E-state index contributed by atoms with van der Waals surface area (Å²) >= 11 is 6.97. The Kier molecular flexibility index (Phi) is 7.98. The molecular formula is C19H18Br2N4O2. The predicted molar refractivity (Wildman–Crippen MR) is 113 cm³/mol. The minimum Gasteiger partial charge on any atom is -0.487 e. The lowest BCUT2D eigenvalue weighted by Crippen LogP contribution is -2.03. The van der Waals surface area contributed by atoms with E-state index in [1.54, 1.807) is 19.4 Å². The molecule has 2 rings (SSSR count). The van der Waals surface area contributed by atoms with Crippen molar-refractivity contribution in [3.05, 3.63) is 62.2 Å². The number of anilines is 1. The molecule has 8 heteroatoms. The number of pyridine rings is 1. The van der Waals surface area contributed by atoms with Crippen LogP contribution >= 0.6 is 31.9 Å². The Morgan fingerprint density at radius 1 is 1.33 bits per heavy atom. The smallest absolute Gasteiger partial charge is 0.164 e. The zero-order valence-electron chi connectivity index (χ0n) is 14.9. The average Bonchev–Trinajstić information content (AvgIpc) is 2.61. The summed E-state index contributed by atoms with van der Waals surface area (Å²) in [7, 11) is 1.58. The summed E-state index contributed by atoms with van der Waals surface area (Å²) in [6.07, 6.45) is 3.31. The van der Waals surface area contributed by atoms with Gasteiger partial charge in [0.15, 0.2) is 5.82 Å². The first-order valence-electron chi connectivity index (χ1n) is 7.91. The van der Waals surface area contributed by atoms with E-state index < -0.39 is 0 Å². The van der Waals surface area contributed by atoms with Gasteiger partial charge in [-0.25, -0.2) is 4.98 Å². The van der Waals surface area contributed by atoms with Crippen LogP contribution in [0.4, 0.5) is 5.82 Å². The summed E-state index contributed by atoms with van der Waals surface area (Å²) in [5, 5.41) is 13.6. The van der Waals surface area contributed by atoms with E-state index in [1.165, 1.54) is 0 Å². The molecule has 27 heavy (non-hydrogen) atoms. The van der Waals surface area contributed by atoms with Crippen LogP contribution in [0.25, 0.3) is 0 Å². The van der Waals surface area contributed by atoms with Gasteiger partial charge in [-0.15, -0.1) is 0 Å². The van der Waals surface area contributed by atoms with Crippen molar-refractivity contribution in [2.75, 3.05) is 19.1 Å². The van der Waals surface area contributed by atoms with Gasteiger partial charge >= 0.3 is 0 Å². The highest BCUT2D eigenvalue weighted by molar-refractivity contribution is 9.11. The molecule has 0 aliphatic carbocycles. The van der Waals surface area contributed by atoms with Crippen molar-refractivity contribution in [3.63, 3.8) is 0 Å². The van der Waals surface area contributed by atoms with E-state index in [2.05, 4.69) is 60.0 Å². The summed E-state index contributed by atoms with van der Waals surface area (Å²) in [4.78, 5) is 4.35. The van der Waals surface area contributed by atoms with Crippen LogP contribution in [0.15, 0.2) is 44.9 Å². The second-order valence-electron chi connectivity index (χ2n) is 5.47. The number of hydrazone groups is 1. The van der Waals surface area contributed by atoms with Crippen molar-refractivity contribution in [2.24, 2.45) is 5.10 Å². The van der Waals surface area contributed by atoms with Crippen LogP contribution < -0.4 is 10.2 Å². The first-order valence-corrected chi connectivity index (χ1v) is 9.50. The molecule has 0 amide bonds. The number of hydrogen-bond acceptors (Lipinski definition) is 6. The number of aromatic nitrogens is 1. The molecule has 1 aromatic carbocycles. The second-order valence-corrected chi connectivity index (χ2v) is 7.18. The van der Waals surface area contributed by atoms with Gasteiger partial charge in [0.2, 0.25) is 0 Å². The monoisotopic (exact) mass is 492 g/mol. The van der Waals surface area contributed by atoms with Gasteiger partial charge < -0.3 is 9.47 Å². The van der Waals surface area contributed by atoms with E-state index in [-0.39, 0.29) is 0 Å². The summed E-state index contributed by atoms with van der Waals surface area (Å²) < 4.78 is 12.3. The van der Waals surface area contributed by atoms with Crippen molar-refractivity contribution in [1.29, 1.82) is 5.26 Å². The number of benzene rings is 1. The van der Waals surface area contributed by atoms with E-state index >= 15 is 0 Å². The lowest BCUT2D eigenvalue weighted by molar-refractivity contribution is 0.184. The van der Waals surface area contributed by atoms with Gasteiger partial charge in [0.1, 0.15) is 24.0 Å². The molecule has 0 radical (unpaired) electrons. The first kappa shape index (κ1) is 21.1. The van der Waals surface area contributed by atoms with E-state index in [4.69, 9.17) is 9.47 Å². The number of nitrogens with one attached hydrogen (secondary N) is 1. The minimum atomic E-state index is 0.330. The Labute approximate surface area is 175 Å². The quantitative estimate of drug-likeness (QED) is 0.320. The Bertz CT molecular complexity index is 884. The van der Waals surface area contributed by atoms with Crippen molar-refractivity contribution in [3.8, 4) is 11.8 Å². The fraction of sp³-hybridized carbons (Fsp3) is 0.211. The molecule has 0 bridgehead atoms. The molecule has 0 saturated heterocycles. The molecule has 0 unspecified atom stereocenters. The van der Waals surface area contributed by atoms with E-state index in [0.29, 0.717) is 30.3 Å². The van der Waals surface area contributed by atoms with Crippen LogP contribution in [-0.4, -0.2) is 24.9 Å². The largest absolute Gasteiger partial charge is 0.487 e. The first-order chi connectivity index (χ1) is 13.0. The molecule has 2 aromatic rings. The molecule has 0 aliphatic heterocycles. The second kappa shape index (κ2) is 10.2. The number of rotatable bonds is 8. The van der Waals surface area contributed by atoms with E-state index in [0.717, 1.165) is 25.8 Å². The maximum atomic E-state index is 9.44. The third-order valence-electron chi connectivity index (χ3n) is 3.39. The Balaban J connectivity index is 2.23. The highest BCUT2D eigenvalue weighted by Gasteiger charge is 2.11. The number of ether oxygens (including phenoxy) is 2. The number of nitrogens with zero attached hydrogens (tertiary/aromatic N) is 3. The summed E-state index contributed by atoms with van der Waals surface area (Å²) in [6, 6.07) is 7.73. The highest BCUT2D eigenvalue weighted by Crippen LogP contribution is 2.34. The SMILES string of the molecule is C=CCOc1c(Br)cc(/C=N\Nc2nc(C)cc(COC)c2C#N)cc1Br. The molecule has 0 saturated carbocycles. The lowest BCUT2D eigenvalue weighted by Gasteiger charge is -2.10. The maximum Gasteiger partial charge on any atom is 0.164 e. The van der Waals surface area contributed by atoms with Crippen molar-refractivity contribution in [1.82, 2.24) is 4.98 Å². The van der Waals surface area contributed by atoms with Crippen LogP contribution in [-0.2, 0) is 11.3 Å². The zero-order valence-corrected chi connectivity index (χ0v) is 18.1. The van der Waals surface area contributed by atoms with Gasteiger partial charge in [-0.05, 0) is 62.5 Å². The molecular weight excluding hydrogens is 476 g/mol. The standard InChI is InChI=1S/C19H18Br2N4O2/c1-4-5-27-18-16(20)7-13(8-17(18)21)10-23-25-19-15(9-22)14(11-26-3)6-12(2)24-19/h4,6-8,10H,1,5,11H2,2-3H3,(H,24,25)/b23-10-. The summed E-state index contributed by atoms with van der Waals surface area (Å²) in [6.45, 7) is 6.23. The van der Waals surface area contributed by atoms with E-state index in [9.17, 15) is 5.26 Å². The van der Waals surface area contributed by atoms with Crippen LogP contribution in [0.2, 0.25) is 0 Å². The van der Waals surface area contributed by atoms with Crippen LogP contribution in [0.3, 0.4) is 0 Å². The molecule has 1 N–H and O–H groups in total.